The molecule has 4 aromatic rings. The van der Waals surface area contributed by atoms with Crippen LogP contribution in [0.2, 0.25) is 0 Å². The molecule has 2 N–H and O–H groups in total. The molecule has 0 aliphatic carbocycles. The minimum Gasteiger partial charge on any atom is -0.352 e. The molecule has 0 spiro atoms. The van der Waals surface area contributed by atoms with Crippen molar-refractivity contribution in [3.05, 3.63) is 46.7 Å². The maximum atomic E-state index is 14.8. The summed E-state index contributed by atoms with van der Waals surface area (Å²) in [5.74, 6) is 0.202. The van der Waals surface area contributed by atoms with Crippen LogP contribution in [0, 0.1) is 5.82 Å². The molecule has 0 amide bonds. The first-order valence-corrected chi connectivity index (χ1v) is 10.8. The minimum atomic E-state index is -0.306. The number of anilines is 2. The number of fused-ring (bicyclic) bond motifs is 2. The lowest BCUT2D eigenvalue weighted by Gasteiger charge is -2.29. The summed E-state index contributed by atoms with van der Waals surface area (Å²) in [4.78, 5) is 11.0. The smallest absolute Gasteiger partial charge is 0.173 e. The summed E-state index contributed by atoms with van der Waals surface area (Å²) in [5, 5.41) is 7.88. The van der Waals surface area contributed by atoms with Gasteiger partial charge in [-0.2, -0.15) is 0 Å². The van der Waals surface area contributed by atoms with Gasteiger partial charge in [-0.1, -0.05) is 0 Å². The molecule has 1 saturated heterocycles. The fourth-order valence-electron chi connectivity index (χ4n) is 3.82. The molecule has 1 aliphatic heterocycles. The third-order valence-corrected chi connectivity index (χ3v) is 7.26. The van der Waals surface area contributed by atoms with E-state index in [-0.39, 0.29) is 5.82 Å². The summed E-state index contributed by atoms with van der Waals surface area (Å²) in [5.41, 5.74) is 3.42. The Balaban J connectivity index is 1.53. The van der Waals surface area contributed by atoms with Crippen LogP contribution in [0.1, 0.15) is 30.6 Å². The third-order valence-electron chi connectivity index (χ3n) is 5.29. The van der Waals surface area contributed by atoms with Gasteiger partial charge in [-0.3, -0.25) is 0 Å². The molecule has 0 radical (unpaired) electrons. The molecule has 7 heteroatoms. The highest BCUT2D eigenvalue weighted by molar-refractivity contribution is 7.18. The first-order valence-electron chi connectivity index (χ1n) is 9.11. The highest BCUT2D eigenvalue weighted by Gasteiger charge is 2.25. The van der Waals surface area contributed by atoms with Gasteiger partial charge in [0.2, 0.25) is 0 Å². The predicted octanol–water partition coefficient (Wildman–Crippen LogP) is 5.64. The van der Waals surface area contributed by atoms with Gasteiger partial charge in [0.05, 0.1) is 21.6 Å². The van der Waals surface area contributed by atoms with Crippen molar-refractivity contribution >= 4 is 54.5 Å². The lowest BCUT2D eigenvalue weighted by Crippen LogP contribution is -2.37. The first-order chi connectivity index (χ1) is 13.2. The number of aromatic nitrogens is 2. The van der Waals surface area contributed by atoms with Gasteiger partial charge in [-0.15, -0.1) is 22.7 Å². The number of thiophene rings is 1. The Morgan fingerprint density at radius 2 is 2.15 bits per heavy atom. The minimum absolute atomic E-state index is 0.306. The number of nitrogens with one attached hydrogen (secondary N) is 2. The van der Waals surface area contributed by atoms with Crippen molar-refractivity contribution < 1.29 is 4.39 Å². The maximum Gasteiger partial charge on any atom is 0.173 e. The second-order valence-electron chi connectivity index (χ2n) is 6.97. The molecule has 4 heterocycles. The molecule has 0 bridgehead atoms. The maximum absolute atomic E-state index is 14.8. The highest BCUT2D eigenvalue weighted by atomic mass is 32.1. The molecule has 5 rings (SSSR count). The number of thiazole rings is 1. The standard InChI is InChI=1S/C20H19FN4S2/c1-11-12(3-2-7-22-11)17-9-13-14(6-8-23-20(13)27-17)25-15-4-5-16-19(18(15)21)24-10-26-16/h4-6,8-12,22H,2-3,7H2,1H3,(H,23,25)/t11-,12+/m0/s1. The van der Waals surface area contributed by atoms with Crippen LogP contribution >= 0.6 is 22.7 Å². The zero-order valence-corrected chi connectivity index (χ0v) is 16.5. The van der Waals surface area contributed by atoms with Crippen LogP contribution in [0.3, 0.4) is 0 Å². The molecule has 0 unspecified atom stereocenters. The van der Waals surface area contributed by atoms with E-state index in [2.05, 4.69) is 33.6 Å². The van der Waals surface area contributed by atoms with E-state index in [9.17, 15) is 4.39 Å². The van der Waals surface area contributed by atoms with E-state index in [0.717, 1.165) is 27.1 Å². The van der Waals surface area contributed by atoms with Crippen molar-refractivity contribution in [3.63, 3.8) is 0 Å². The van der Waals surface area contributed by atoms with Gasteiger partial charge in [0.25, 0.3) is 0 Å². The van der Waals surface area contributed by atoms with E-state index in [1.165, 1.54) is 29.1 Å². The lowest BCUT2D eigenvalue weighted by atomic mass is 9.90. The third kappa shape index (κ3) is 2.99. The average molecular weight is 399 g/mol. The number of hydrogen-bond acceptors (Lipinski definition) is 6. The van der Waals surface area contributed by atoms with Gasteiger partial charge < -0.3 is 10.6 Å². The molecule has 0 saturated carbocycles. The van der Waals surface area contributed by atoms with E-state index in [4.69, 9.17) is 0 Å². The number of nitrogens with zero attached hydrogens (tertiary/aromatic N) is 2. The summed E-state index contributed by atoms with van der Waals surface area (Å²) in [7, 11) is 0. The molecule has 1 aromatic carbocycles. The van der Waals surface area contributed by atoms with Crippen molar-refractivity contribution in [1.82, 2.24) is 15.3 Å². The van der Waals surface area contributed by atoms with Crippen LogP contribution in [0.4, 0.5) is 15.8 Å². The van der Waals surface area contributed by atoms with Gasteiger partial charge >= 0.3 is 0 Å². The van der Waals surface area contributed by atoms with Crippen LogP contribution in [0.15, 0.2) is 36.0 Å². The number of halogens is 1. The average Bonchev–Trinajstić information content (AvgIpc) is 3.32. The fourth-order valence-corrected chi connectivity index (χ4v) is 5.76. The summed E-state index contributed by atoms with van der Waals surface area (Å²) < 4.78 is 15.7. The van der Waals surface area contributed by atoms with Gasteiger partial charge in [0, 0.05) is 28.4 Å². The summed E-state index contributed by atoms with van der Waals surface area (Å²) in [6.07, 6.45) is 4.17. The molecule has 1 aliphatic rings. The Morgan fingerprint density at radius 1 is 1.22 bits per heavy atom. The van der Waals surface area contributed by atoms with Gasteiger partial charge in [0.15, 0.2) is 5.82 Å². The Labute approximate surface area is 164 Å². The molecule has 4 nitrogen and oxygen atoms in total. The molecule has 27 heavy (non-hydrogen) atoms. The van der Waals surface area contributed by atoms with Gasteiger partial charge in [0.1, 0.15) is 10.3 Å². The van der Waals surface area contributed by atoms with E-state index >= 15 is 0 Å². The Bertz CT molecular complexity index is 1120. The van der Waals surface area contributed by atoms with E-state index in [1.807, 2.05) is 12.1 Å². The summed E-state index contributed by atoms with van der Waals surface area (Å²) in [6.45, 7) is 3.34. The quantitative estimate of drug-likeness (QED) is 0.469. The van der Waals surface area contributed by atoms with E-state index in [1.54, 1.807) is 29.1 Å². The van der Waals surface area contributed by atoms with Crippen LogP contribution in [0.25, 0.3) is 20.4 Å². The topological polar surface area (TPSA) is 49.8 Å². The molecule has 138 valence electrons. The molecular formula is C20H19FN4S2. The molecule has 1 fully saturated rings. The number of rotatable bonds is 3. The lowest BCUT2D eigenvalue weighted by molar-refractivity contribution is 0.375. The molecular weight excluding hydrogens is 379 g/mol. The summed E-state index contributed by atoms with van der Waals surface area (Å²) >= 11 is 3.19. The summed E-state index contributed by atoms with van der Waals surface area (Å²) in [6, 6.07) is 8.29. The van der Waals surface area contributed by atoms with Crippen LogP contribution in [-0.4, -0.2) is 22.6 Å². The highest BCUT2D eigenvalue weighted by Crippen LogP contribution is 2.39. The number of piperidine rings is 1. The zero-order valence-electron chi connectivity index (χ0n) is 14.8. The van der Waals surface area contributed by atoms with Crippen molar-refractivity contribution in [2.24, 2.45) is 0 Å². The number of hydrogen-bond donors (Lipinski definition) is 2. The van der Waals surface area contributed by atoms with Gasteiger partial charge in [-0.25, -0.2) is 14.4 Å². The first kappa shape index (κ1) is 17.0. The molecule has 2 atom stereocenters. The normalized spacial score (nSPS) is 20.4. The number of benzene rings is 1. The van der Waals surface area contributed by atoms with Crippen LogP contribution in [-0.2, 0) is 0 Å². The van der Waals surface area contributed by atoms with Crippen molar-refractivity contribution in [1.29, 1.82) is 0 Å². The van der Waals surface area contributed by atoms with Crippen molar-refractivity contribution in [3.8, 4) is 0 Å². The van der Waals surface area contributed by atoms with Crippen molar-refractivity contribution in [2.75, 3.05) is 11.9 Å². The second-order valence-corrected chi connectivity index (χ2v) is 8.92. The second kappa shape index (κ2) is 6.82. The molecule has 3 aromatic heterocycles. The predicted molar refractivity (Wildman–Crippen MR) is 112 cm³/mol. The van der Waals surface area contributed by atoms with E-state index in [0.29, 0.717) is 23.2 Å². The monoisotopic (exact) mass is 398 g/mol. The van der Waals surface area contributed by atoms with E-state index < -0.39 is 0 Å². The Morgan fingerprint density at radius 3 is 3.04 bits per heavy atom. The Kier molecular flexibility index (Phi) is 4.30. The Hall–Kier alpha value is -2.09. The van der Waals surface area contributed by atoms with Gasteiger partial charge in [-0.05, 0) is 50.6 Å². The van der Waals surface area contributed by atoms with Crippen LogP contribution < -0.4 is 10.6 Å². The number of pyridine rings is 1. The van der Waals surface area contributed by atoms with Crippen LogP contribution in [0.5, 0.6) is 0 Å². The SMILES string of the molecule is C[C@@H]1NCCC[C@H]1c1cc2c(Nc3ccc4scnc4c3F)ccnc2s1. The zero-order chi connectivity index (χ0) is 18.4. The largest absolute Gasteiger partial charge is 0.352 e. The fraction of sp³-hybridized carbons (Fsp3) is 0.300. The van der Waals surface area contributed by atoms with Crippen molar-refractivity contribution in [2.45, 2.75) is 31.7 Å².